The number of nitrogens with two attached hydrogens (primary N) is 1. The zero-order valence-corrected chi connectivity index (χ0v) is 13.1. The number of carbonyl (C=O) groups excluding carboxylic acids is 1. The van der Waals surface area contributed by atoms with Crippen molar-refractivity contribution in [2.45, 2.75) is 26.2 Å². The van der Waals surface area contributed by atoms with Crippen LogP contribution in [0.4, 0.5) is 5.13 Å². The quantitative estimate of drug-likeness (QED) is 0.440. The van der Waals surface area contributed by atoms with Gasteiger partial charge >= 0.3 is 0 Å². The van der Waals surface area contributed by atoms with Crippen LogP contribution in [0.3, 0.4) is 0 Å². The standard InChI is InChI=1S/C16H21N3OS/c1-2-12-7-3-4-8-13(12)15(20)14-11-19-16(21-14)18-10-6-5-9-17/h4,7-8,11-12H,2,5-6,9-10,17H2,1H3,(H,18,19). The second-order valence-electron chi connectivity index (χ2n) is 4.92. The van der Waals surface area contributed by atoms with Gasteiger partial charge in [-0.25, -0.2) is 4.98 Å². The van der Waals surface area contributed by atoms with E-state index in [1.165, 1.54) is 11.3 Å². The Morgan fingerprint density at radius 2 is 2.38 bits per heavy atom. The van der Waals surface area contributed by atoms with Gasteiger partial charge in [0.2, 0.25) is 5.78 Å². The van der Waals surface area contributed by atoms with Crippen LogP contribution < -0.4 is 11.1 Å². The monoisotopic (exact) mass is 303 g/mol. The molecule has 21 heavy (non-hydrogen) atoms. The van der Waals surface area contributed by atoms with Gasteiger partial charge in [-0.05, 0) is 44.0 Å². The van der Waals surface area contributed by atoms with Crippen molar-refractivity contribution < 1.29 is 4.79 Å². The molecule has 0 aromatic carbocycles. The fourth-order valence-corrected chi connectivity index (χ4v) is 2.98. The Kier molecular flexibility index (Phi) is 5.93. The SMILES string of the molecule is CCC1C=C=CC=C1C(=O)c1cnc(NCCCCN)s1. The fourth-order valence-electron chi connectivity index (χ4n) is 2.17. The zero-order chi connectivity index (χ0) is 15.1. The normalized spacial score (nSPS) is 16.9. The maximum atomic E-state index is 12.5. The lowest BCUT2D eigenvalue weighted by atomic mass is 9.90. The van der Waals surface area contributed by atoms with E-state index in [0.29, 0.717) is 11.4 Å². The Morgan fingerprint density at radius 3 is 3.14 bits per heavy atom. The summed E-state index contributed by atoms with van der Waals surface area (Å²) in [4.78, 5) is 17.5. The number of Topliss-reactive ketones (excluding diaryl/α,β-unsaturated/α-hetero) is 1. The summed E-state index contributed by atoms with van der Waals surface area (Å²) >= 11 is 1.41. The average Bonchev–Trinajstić information content (AvgIpc) is 2.99. The van der Waals surface area contributed by atoms with E-state index >= 15 is 0 Å². The third-order valence-electron chi connectivity index (χ3n) is 3.39. The number of nitrogens with zero attached hydrogens (tertiary/aromatic N) is 1. The molecule has 5 heteroatoms. The summed E-state index contributed by atoms with van der Waals surface area (Å²) in [6.45, 7) is 3.62. The maximum Gasteiger partial charge on any atom is 0.201 e. The summed E-state index contributed by atoms with van der Waals surface area (Å²) in [7, 11) is 0. The van der Waals surface area contributed by atoms with Crippen LogP contribution in [0.2, 0.25) is 0 Å². The Balaban J connectivity index is 1.99. The van der Waals surface area contributed by atoms with Crippen LogP contribution in [-0.4, -0.2) is 23.9 Å². The van der Waals surface area contributed by atoms with E-state index in [0.717, 1.165) is 36.5 Å². The highest BCUT2D eigenvalue weighted by molar-refractivity contribution is 7.17. The smallest absolute Gasteiger partial charge is 0.201 e. The number of unbranched alkanes of at least 4 members (excludes halogenated alkanes) is 1. The van der Waals surface area contributed by atoms with Crippen LogP contribution in [0.5, 0.6) is 0 Å². The predicted octanol–water partition coefficient (Wildman–Crippen LogP) is 3.15. The molecule has 0 bridgehead atoms. The molecule has 1 atom stereocenters. The van der Waals surface area contributed by atoms with Crippen LogP contribution in [0, 0.1) is 5.92 Å². The number of nitrogens with one attached hydrogen (secondary N) is 1. The Hall–Kier alpha value is -1.68. The molecule has 1 aromatic rings. The number of thiazole rings is 1. The lowest BCUT2D eigenvalue weighted by molar-refractivity contribution is 0.102. The first-order valence-corrected chi connectivity index (χ1v) is 8.15. The van der Waals surface area contributed by atoms with Crippen molar-refractivity contribution >= 4 is 22.3 Å². The average molecular weight is 303 g/mol. The van der Waals surface area contributed by atoms with Crippen LogP contribution in [0.1, 0.15) is 35.9 Å². The van der Waals surface area contributed by atoms with Gasteiger partial charge in [-0.15, -0.1) is 5.73 Å². The van der Waals surface area contributed by atoms with E-state index in [-0.39, 0.29) is 11.7 Å². The molecule has 4 nitrogen and oxygen atoms in total. The van der Waals surface area contributed by atoms with Gasteiger partial charge in [0.05, 0.1) is 11.1 Å². The fraction of sp³-hybridized carbons (Fsp3) is 0.438. The second kappa shape index (κ2) is 7.93. The number of carbonyl (C=O) groups is 1. The van der Waals surface area contributed by atoms with Crippen molar-refractivity contribution in [2.75, 3.05) is 18.4 Å². The minimum atomic E-state index is 0.0726. The van der Waals surface area contributed by atoms with E-state index in [4.69, 9.17) is 5.73 Å². The molecule has 0 saturated heterocycles. The van der Waals surface area contributed by atoms with E-state index in [1.807, 2.05) is 12.2 Å². The highest BCUT2D eigenvalue weighted by Crippen LogP contribution is 2.27. The highest BCUT2D eigenvalue weighted by Gasteiger charge is 2.21. The number of allylic oxidation sites excluding steroid dienone is 3. The number of anilines is 1. The molecule has 0 spiro atoms. The summed E-state index contributed by atoms with van der Waals surface area (Å²) in [5.41, 5.74) is 9.34. The molecule has 1 aromatic heterocycles. The second-order valence-corrected chi connectivity index (χ2v) is 5.95. The molecule has 112 valence electrons. The van der Waals surface area contributed by atoms with E-state index in [1.54, 1.807) is 12.3 Å². The summed E-state index contributed by atoms with van der Waals surface area (Å²) in [5.74, 6) is 0.230. The van der Waals surface area contributed by atoms with Gasteiger partial charge in [0, 0.05) is 18.0 Å². The summed E-state index contributed by atoms with van der Waals surface area (Å²) in [6.07, 6.45) is 10.2. The van der Waals surface area contributed by atoms with Crippen LogP contribution in [-0.2, 0) is 0 Å². The third-order valence-corrected chi connectivity index (χ3v) is 4.35. The van der Waals surface area contributed by atoms with Crippen molar-refractivity contribution in [2.24, 2.45) is 11.7 Å². The molecule has 1 unspecified atom stereocenters. The van der Waals surface area contributed by atoms with Crippen LogP contribution in [0.15, 0.2) is 35.7 Å². The first-order chi connectivity index (χ1) is 10.3. The number of ketones is 1. The molecular formula is C16H21N3OS. The maximum absolute atomic E-state index is 12.5. The van der Waals surface area contributed by atoms with Crippen molar-refractivity contribution in [3.63, 3.8) is 0 Å². The molecule has 2 rings (SSSR count). The molecule has 1 aliphatic rings. The summed E-state index contributed by atoms with van der Waals surface area (Å²) in [6, 6.07) is 0. The molecule has 1 aliphatic carbocycles. The number of rotatable bonds is 8. The third kappa shape index (κ3) is 4.14. The van der Waals surface area contributed by atoms with Crippen molar-refractivity contribution in [3.05, 3.63) is 40.6 Å². The molecule has 0 radical (unpaired) electrons. The first-order valence-electron chi connectivity index (χ1n) is 7.33. The number of hydrogen-bond acceptors (Lipinski definition) is 5. The van der Waals surface area contributed by atoms with Gasteiger partial charge in [-0.2, -0.15) is 0 Å². The van der Waals surface area contributed by atoms with Gasteiger partial charge in [-0.3, -0.25) is 4.79 Å². The Morgan fingerprint density at radius 1 is 1.52 bits per heavy atom. The molecule has 3 N–H and O–H groups in total. The first kappa shape index (κ1) is 15.7. The summed E-state index contributed by atoms with van der Waals surface area (Å²) < 4.78 is 0. The van der Waals surface area contributed by atoms with Crippen LogP contribution >= 0.6 is 11.3 Å². The van der Waals surface area contributed by atoms with Gasteiger partial charge in [-0.1, -0.05) is 18.3 Å². The zero-order valence-electron chi connectivity index (χ0n) is 12.3. The largest absolute Gasteiger partial charge is 0.362 e. The Labute approximate surface area is 129 Å². The topological polar surface area (TPSA) is 68.0 Å². The predicted molar refractivity (Wildman–Crippen MR) is 87.7 cm³/mol. The van der Waals surface area contributed by atoms with Crippen molar-refractivity contribution in [1.82, 2.24) is 4.98 Å². The minimum Gasteiger partial charge on any atom is -0.362 e. The van der Waals surface area contributed by atoms with E-state index in [2.05, 4.69) is 23.0 Å². The van der Waals surface area contributed by atoms with Gasteiger partial charge in [0.1, 0.15) is 0 Å². The molecule has 0 aliphatic heterocycles. The van der Waals surface area contributed by atoms with Crippen molar-refractivity contribution in [1.29, 1.82) is 0 Å². The van der Waals surface area contributed by atoms with Crippen LogP contribution in [0.25, 0.3) is 0 Å². The van der Waals surface area contributed by atoms with E-state index < -0.39 is 0 Å². The van der Waals surface area contributed by atoms with Crippen molar-refractivity contribution in [3.8, 4) is 0 Å². The van der Waals surface area contributed by atoms with Gasteiger partial charge < -0.3 is 11.1 Å². The number of hydrogen-bond donors (Lipinski definition) is 2. The minimum absolute atomic E-state index is 0.0726. The molecule has 0 amide bonds. The van der Waals surface area contributed by atoms with E-state index in [9.17, 15) is 4.79 Å². The highest BCUT2D eigenvalue weighted by atomic mass is 32.1. The van der Waals surface area contributed by atoms with Gasteiger partial charge in [0.25, 0.3) is 0 Å². The molecule has 0 fully saturated rings. The number of aromatic nitrogens is 1. The lowest BCUT2D eigenvalue weighted by Gasteiger charge is -2.13. The van der Waals surface area contributed by atoms with Gasteiger partial charge in [0.15, 0.2) is 5.13 Å². The molecular weight excluding hydrogens is 282 g/mol. The molecule has 0 saturated carbocycles. The molecule has 1 heterocycles. The summed E-state index contributed by atoms with van der Waals surface area (Å²) in [5, 5.41) is 4.03. The lowest BCUT2D eigenvalue weighted by Crippen LogP contribution is -2.11. The Bertz CT molecular complexity index is 582.